The number of hydrogen-bond acceptors (Lipinski definition) is 6. The lowest BCUT2D eigenvalue weighted by Crippen LogP contribution is -2.18. The minimum absolute atomic E-state index is 0.127. The molecule has 0 aromatic carbocycles. The maximum absolute atomic E-state index is 11.9. The summed E-state index contributed by atoms with van der Waals surface area (Å²) in [7, 11) is 0. The Morgan fingerprint density at radius 1 is 1.60 bits per heavy atom. The van der Waals surface area contributed by atoms with E-state index in [4.69, 9.17) is 4.74 Å². The van der Waals surface area contributed by atoms with E-state index in [0.717, 1.165) is 35.2 Å². The molecule has 1 aromatic heterocycles. The molecule has 1 N–H and O–H groups in total. The molecular formula is C14H22N2O2S2. The number of anilines is 1. The van der Waals surface area contributed by atoms with Crippen molar-refractivity contribution in [2.45, 2.75) is 45.6 Å². The summed E-state index contributed by atoms with van der Waals surface area (Å²) < 4.78 is 5.13. The van der Waals surface area contributed by atoms with Crippen molar-refractivity contribution in [3.05, 3.63) is 10.6 Å². The molecule has 0 radical (unpaired) electrons. The Hall–Kier alpha value is -0.750. The highest BCUT2D eigenvalue weighted by Gasteiger charge is 2.33. The largest absolute Gasteiger partial charge is 0.465 e. The molecule has 6 heteroatoms. The molecule has 2 rings (SSSR count). The molecule has 1 aliphatic rings. The standard InChI is InChI=1S/C14H22N2O2S2/c1-4-18-13(17)10-6-7-11-12(10)16-14(20-11)15-9(3)8-19-5-2/h9-10H,4-8H2,1-3H3,(H,15,16). The number of esters is 1. The van der Waals surface area contributed by atoms with Gasteiger partial charge in [0.2, 0.25) is 0 Å². The third-order valence-electron chi connectivity index (χ3n) is 3.23. The van der Waals surface area contributed by atoms with E-state index < -0.39 is 0 Å². The molecule has 112 valence electrons. The first-order chi connectivity index (χ1) is 9.65. The number of thiazole rings is 1. The molecule has 4 nitrogen and oxygen atoms in total. The first-order valence-electron chi connectivity index (χ1n) is 7.16. The van der Waals surface area contributed by atoms with Gasteiger partial charge < -0.3 is 10.1 Å². The average Bonchev–Trinajstić information content (AvgIpc) is 2.96. The van der Waals surface area contributed by atoms with Crippen LogP contribution >= 0.6 is 23.1 Å². The fraction of sp³-hybridized carbons (Fsp3) is 0.714. The van der Waals surface area contributed by atoms with Gasteiger partial charge in [-0.2, -0.15) is 11.8 Å². The molecule has 0 aliphatic heterocycles. The Bertz CT molecular complexity index is 462. The highest BCUT2D eigenvalue weighted by atomic mass is 32.2. The van der Waals surface area contributed by atoms with Gasteiger partial charge in [-0.25, -0.2) is 4.98 Å². The fourth-order valence-electron chi connectivity index (χ4n) is 2.31. The summed E-state index contributed by atoms with van der Waals surface area (Å²) in [6.07, 6.45) is 1.78. The SMILES string of the molecule is CCOC(=O)C1CCc2sc(NC(C)CSCC)nc21. The molecule has 2 atom stereocenters. The predicted octanol–water partition coefficient (Wildman–Crippen LogP) is 3.29. The van der Waals surface area contributed by atoms with Crippen LogP contribution in [-0.2, 0) is 16.0 Å². The molecule has 0 spiro atoms. The first kappa shape index (κ1) is 15.6. The second kappa shape index (κ2) is 7.31. The number of rotatable bonds is 7. The van der Waals surface area contributed by atoms with Crippen LogP contribution in [-0.4, -0.2) is 35.1 Å². The van der Waals surface area contributed by atoms with Gasteiger partial charge in [0.05, 0.1) is 12.3 Å². The summed E-state index contributed by atoms with van der Waals surface area (Å²) in [5.41, 5.74) is 0.936. The molecule has 2 unspecified atom stereocenters. The zero-order valence-electron chi connectivity index (χ0n) is 12.3. The van der Waals surface area contributed by atoms with Crippen LogP contribution in [0, 0.1) is 0 Å². The fourth-order valence-corrected chi connectivity index (χ4v) is 4.13. The Morgan fingerprint density at radius 3 is 3.10 bits per heavy atom. The van der Waals surface area contributed by atoms with Gasteiger partial charge in [0, 0.05) is 16.7 Å². The van der Waals surface area contributed by atoms with Crippen LogP contribution < -0.4 is 5.32 Å². The Morgan fingerprint density at radius 2 is 2.40 bits per heavy atom. The minimum atomic E-state index is -0.155. The van der Waals surface area contributed by atoms with Gasteiger partial charge in [-0.05, 0) is 32.4 Å². The molecule has 1 aliphatic carbocycles. The smallest absolute Gasteiger partial charge is 0.315 e. The maximum Gasteiger partial charge on any atom is 0.315 e. The number of aryl methyl sites for hydroxylation is 1. The minimum Gasteiger partial charge on any atom is -0.465 e. The topological polar surface area (TPSA) is 51.2 Å². The zero-order chi connectivity index (χ0) is 14.5. The molecule has 0 fully saturated rings. The average molecular weight is 314 g/mol. The van der Waals surface area contributed by atoms with Crippen LogP contribution in [0.15, 0.2) is 0 Å². The number of thioether (sulfide) groups is 1. The van der Waals surface area contributed by atoms with E-state index in [9.17, 15) is 4.79 Å². The second-order valence-electron chi connectivity index (χ2n) is 4.88. The van der Waals surface area contributed by atoms with Crippen LogP contribution in [0.2, 0.25) is 0 Å². The van der Waals surface area contributed by atoms with Crippen molar-refractivity contribution >= 4 is 34.2 Å². The van der Waals surface area contributed by atoms with Crippen LogP contribution in [0.25, 0.3) is 0 Å². The lowest BCUT2D eigenvalue weighted by atomic mass is 10.1. The highest BCUT2D eigenvalue weighted by molar-refractivity contribution is 7.99. The lowest BCUT2D eigenvalue weighted by Gasteiger charge is -2.12. The van der Waals surface area contributed by atoms with Gasteiger partial charge in [-0.3, -0.25) is 4.79 Å². The van der Waals surface area contributed by atoms with Gasteiger partial charge in [-0.1, -0.05) is 6.92 Å². The van der Waals surface area contributed by atoms with Crippen molar-refractivity contribution in [2.75, 3.05) is 23.4 Å². The number of aromatic nitrogens is 1. The maximum atomic E-state index is 11.9. The van der Waals surface area contributed by atoms with Gasteiger partial charge in [-0.15, -0.1) is 11.3 Å². The molecule has 20 heavy (non-hydrogen) atoms. The Kier molecular flexibility index (Phi) is 5.72. The van der Waals surface area contributed by atoms with Gasteiger partial charge >= 0.3 is 5.97 Å². The third kappa shape index (κ3) is 3.67. The molecule has 0 saturated carbocycles. The number of nitrogens with zero attached hydrogens (tertiary/aromatic N) is 1. The van der Waals surface area contributed by atoms with Gasteiger partial charge in [0.1, 0.15) is 5.92 Å². The summed E-state index contributed by atoms with van der Waals surface area (Å²) >= 11 is 3.60. The van der Waals surface area contributed by atoms with Crippen molar-refractivity contribution in [3.63, 3.8) is 0 Å². The van der Waals surface area contributed by atoms with E-state index in [0.29, 0.717) is 12.6 Å². The van der Waals surface area contributed by atoms with E-state index in [-0.39, 0.29) is 11.9 Å². The second-order valence-corrected chi connectivity index (χ2v) is 7.28. The summed E-state index contributed by atoms with van der Waals surface area (Å²) in [6.45, 7) is 6.61. The van der Waals surface area contributed by atoms with E-state index >= 15 is 0 Å². The number of carbonyl (C=O) groups excluding carboxylic acids is 1. The predicted molar refractivity (Wildman–Crippen MR) is 85.9 cm³/mol. The van der Waals surface area contributed by atoms with Crippen LogP contribution in [0.1, 0.15) is 43.7 Å². The number of nitrogens with one attached hydrogen (secondary N) is 1. The van der Waals surface area contributed by atoms with Crippen molar-refractivity contribution in [3.8, 4) is 0 Å². The Balaban J connectivity index is 1.99. The summed E-state index contributed by atoms with van der Waals surface area (Å²) in [5.74, 6) is 1.92. The van der Waals surface area contributed by atoms with E-state index in [1.807, 2.05) is 18.7 Å². The van der Waals surface area contributed by atoms with E-state index in [1.54, 1.807) is 11.3 Å². The van der Waals surface area contributed by atoms with Crippen LogP contribution in [0.3, 0.4) is 0 Å². The number of carbonyl (C=O) groups is 1. The van der Waals surface area contributed by atoms with Crippen LogP contribution in [0.5, 0.6) is 0 Å². The third-order valence-corrected chi connectivity index (χ3v) is 5.44. The van der Waals surface area contributed by atoms with Gasteiger partial charge in [0.25, 0.3) is 0 Å². The molecule has 1 aromatic rings. The van der Waals surface area contributed by atoms with Crippen molar-refractivity contribution < 1.29 is 9.53 Å². The summed E-state index contributed by atoms with van der Waals surface area (Å²) in [5, 5.41) is 4.37. The molecule has 0 amide bonds. The Labute approximate surface area is 128 Å². The molecule has 0 bridgehead atoms. The zero-order valence-corrected chi connectivity index (χ0v) is 13.9. The van der Waals surface area contributed by atoms with Crippen molar-refractivity contribution in [1.29, 1.82) is 0 Å². The van der Waals surface area contributed by atoms with Crippen molar-refractivity contribution in [1.82, 2.24) is 4.98 Å². The summed E-state index contributed by atoms with van der Waals surface area (Å²) in [4.78, 5) is 17.8. The summed E-state index contributed by atoms with van der Waals surface area (Å²) in [6, 6.07) is 0.396. The number of ether oxygens (including phenoxy) is 1. The van der Waals surface area contributed by atoms with Crippen LogP contribution in [0.4, 0.5) is 5.13 Å². The molecular weight excluding hydrogens is 292 g/mol. The van der Waals surface area contributed by atoms with Crippen molar-refractivity contribution in [2.24, 2.45) is 0 Å². The monoisotopic (exact) mass is 314 g/mol. The normalized spacial score (nSPS) is 18.6. The van der Waals surface area contributed by atoms with Gasteiger partial charge in [0.15, 0.2) is 5.13 Å². The quantitative estimate of drug-likeness (QED) is 0.783. The number of fused-ring (bicyclic) bond motifs is 1. The highest BCUT2D eigenvalue weighted by Crippen LogP contribution is 2.39. The van der Waals surface area contributed by atoms with E-state index in [1.165, 1.54) is 4.88 Å². The molecule has 1 heterocycles. The molecule has 0 saturated heterocycles. The lowest BCUT2D eigenvalue weighted by molar-refractivity contribution is -0.145. The number of hydrogen-bond donors (Lipinski definition) is 1. The first-order valence-corrected chi connectivity index (χ1v) is 9.13. The van der Waals surface area contributed by atoms with E-state index in [2.05, 4.69) is 24.1 Å².